The molecule has 4 nitrogen and oxygen atoms in total. The topological polar surface area (TPSA) is 53.4 Å². The van der Waals surface area contributed by atoms with Crippen LogP contribution in [0.3, 0.4) is 0 Å². The van der Waals surface area contributed by atoms with Gasteiger partial charge in [-0.05, 0) is 62.0 Å². The van der Waals surface area contributed by atoms with E-state index in [2.05, 4.69) is 16.0 Å². The second kappa shape index (κ2) is 7.28. The zero-order valence-corrected chi connectivity index (χ0v) is 13.8. The Labute approximate surface area is 141 Å². The molecule has 23 heavy (non-hydrogen) atoms. The highest BCUT2D eigenvalue weighted by Crippen LogP contribution is 2.27. The SMILES string of the molecule is O=C(O)C[C@@H]1CCCN(Cc2ccc(Cl)c3cccnc23)CC1. The molecule has 1 aliphatic rings. The van der Waals surface area contributed by atoms with Gasteiger partial charge in [-0.3, -0.25) is 14.7 Å². The van der Waals surface area contributed by atoms with Gasteiger partial charge in [-0.2, -0.15) is 0 Å². The molecule has 0 amide bonds. The van der Waals surface area contributed by atoms with E-state index in [0.717, 1.165) is 54.8 Å². The molecule has 1 N–H and O–H groups in total. The molecule has 1 atom stereocenters. The molecular weight excluding hydrogens is 312 g/mol. The number of nitrogens with zero attached hydrogens (tertiary/aromatic N) is 2. The smallest absolute Gasteiger partial charge is 0.303 e. The Kier molecular flexibility index (Phi) is 5.13. The van der Waals surface area contributed by atoms with Gasteiger partial charge in [0.2, 0.25) is 0 Å². The van der Waals surface area contributed by atoms with Gasteiger partial charge >= 0.3 is 5.97 Å². The number of carbonyl (C=O) groups is 1. The third kappa shape index (κ3) is 4.01. The summed E-state index contributed by atoms with van der Waals surface area (Å²) in [6.07, 6.45) is 5.09. The Bertz CT molecular complexity index is 704. The molecular formula is C18H21ClN2O2. The summed E-state index contributed by atoms with van der Waals surface area (Å²) in [5.41, 5.74) is 2.15. The van der Waals surface area contributed by atoms with E-state index in [1.165, 1.54) is 5.56 Å². The molecule has 1 aromatic heterocycles. The number of fused-ring (bicyclic) bond motifs is 1. The Morgan fingerprint density at radius 3 is 3.00 bits per heavy atom. The zero-order valence-electron chi connectivity index (χ0n) is 13.0. The van der Waals surface area contributed by atoms with E-state index < -0.39 is 5.97 Å². The van der Waals surface area contributed by atoms with Crippen LogP contribution in [0.2, 0.25) is 5.02 Å². The van der Waals surface area contributed by atoms with Crippen molar-refractivity contribution >= 4 is 28.5 Å². The van der Waals surface area contributed by atoms with Crippen molar-refractivity contribution in [3.8, 4) is 0 Å². The largest absolute Gasteiger partial charge is 0.481 e. The van der Waals surface area contributed by atoms with Crippen LogP contribution in [0.5, 0.6) is 0 Å². The number of benzene rings is 1. The molecule has 3 rings (SSSR count). The van der Waals surface area contributed by atoms with Crippen LogP contribution in [-0.2, 0) is 11.3 Å². The van der Waals surface area contributed by atoms with E-state index in [-0.39, 0.29) is 0 Å². The number of hydrogen-bond acceptors (Lipinski definition) is 3. The minimum absolute atomic E-state index is 0.291. The summed E-state index contributed by atoms with van der Waals surface area (Å²) < 4.78 is 0. The maximum absolute atomic E-state index is 10.9. The van der Waals surface area contributed by atoms with Crippen LogP contribution >= 0.6 is 11.6 Å². The van der Waals surface area contributed by atoms with Crippen LogP contribution in [0.15, 0.2) is 30.5 Å². The summed E-state index contributed by atoms with van der Waals surface area (Å²) in [7, 11) is 0. The van der Waals surface area contributed by atoms with Gasteiger partial charge in [0.25, 0.3) is 0 Å². The van der Waals surface area contributed by atoms with E-state index in [1.54, 1.807) is 6.20 Å². The van der Waals surface area contributed by atoms with E-state index in [0.29, 0.717) is 12.3 Å². The molecule has 1 aliphatic heterocycles. The molecule has 122 valence electrons. The predicted octanol–water partition coefficient (Wildman–Crippen LogP) is 3.97. The minimum Gasteiger partial charge on any atom is -0.481 e. The van der Waals surface area contributed by atoms with E-state index in [9.17, 15) is 4.79 Å². The third-order valence-corrected chi connectivity index (χ3v) is 4.93. The average Bonchev–Trinajstić information content (AvgIpc) is 2.75. The van der Waals surface area contributed by atoms with Crippen molar-refractivity contribution < 1.29 is 9.90 Å². The maximum Gasteiger partial charge on any atom is 0.303 e. The van der Waals surface area contributed by atoms with Crippen LogP contribution in [-0.4, -0.2) is 34.0 Å². The number of likely N-dealkylation sites (tertiary alicyclic amines) is 1. The molecule has 0 radical (unpaired) electrons. The van der Waals surface area contributed by atoms with Crippen LogP contribution in [0.25, 0.3) is 10.9 Å². The Hall–Kier alpha value is -1.65. The van der Waals surface area contributed by atoms with Crippen LogP contribution in [0, 0.1) is 5.92 Å². The van der Waals surface area contributed by atoms with E-state index in [4.69, 9.17) is 16.7 Å². The van der Waals surface area contributed by atoms with Gasteiger partial charge in [-0.15, -0.1) is 0 Å². The van der Waals surface area contributed by atoms with Crippen molar-refractivity contribution in [2.45, 2.75) is 32.2 Å². The van der Waals surface area contributed by atoms with Crippen LogP contribution < -0.4 is 0 Å². The number of aliphatic carboxylic acids is 1. The first-order valence-corrected chi connectivity index (χ1v) is 8.47. The van der Waals surface area contributed by atoms with Gasteiger partial charge in [0.05, 0.1) is 5.52 Å². The molecule has 1 saturated heterocycles. The van der Waals surface area contributed by atoms with Crippen molar-refractivity contribution in [3.63, 3.8) is 0 Å². The highest BCUT2D eigenvalue weighted by atomic mass is 35.5. The molecule has 5 heteroatoms. The summed E-state index contributed by atoms with van der Waals surface area (Å²) in [5, 5.41) is 10.7. The Morgan fingerprint density at radius 1 is 1.30 bits per heavy atom. The van der Waals surface area contributed by atoms with Crippen molar-refractivity contribution in [2.24, 2.45) is 5.92 Å². The fourth-order valence-electron chi connectivity index (χ4n) is 3.40. The normalized spacial score (nSPS) is 19.6. The van der Waals surface area contributed by atoms with Crippen molar-refractivity contribution in [1.82, 2.24) is 9.88 Å². The number of aromatic nitrogens is 1. The molecule has 1 fully saturated rings. The van der Waals surface area contributed by atoms with Gasteiger partial charge in [0.1, 0.15) is 0 Å². The lowest BCUT2D eigenvalue weighted by Crippen LogP contribution is -2.24. The summed E-state index contributed by atoms with van der Waals surface area (Å²) in [6, 6.07) is 7.89. The highest BCUT2D eigenvalue weighted by molar-refractivity contribution is 6.35. The van der Waals surface area contributed by atoms with Gasteiger partial charge in [-0.25, -0.2) is 0 Å². The molecule has 0 bridgehead atoms. The quantitative estimate of drug-likeness (QED) is 0.920. The second-order valence-electron chi connectivity index (χ2n) is 6.28. The average molecular weight is 333 g/mol. The summed E-state index contributed by atoms with van der Waals surface area (Å²) in [5.74, 6) is -0.381. The van der Waals surface area contributed by atoms with Crippen LogP contribution in [0.4, 0.5) is 0 Å². The molecule has 0 spiro atoms. The van der Waals surface area contributed by atoms with Gasteiger partial charge in [0, 0.05) is 29.6 Å². The Morgan fingerprint density at radius 2 is 2.17 bits per heavy atom. The second-order valence-corrected chi connectivity index (χ2v) is 6.68. The first kappa shape index (κ1) is 16.2. The van der Waals surface area contributed by atoms with Crippen molar-refractivity contribution in [3.05, 3.63) is 41.0 Å². The van der Waals surface area contributed by atoms with Crippen molar-refractivity contribution in [2.75, 3.05) is 13.1 Å². The van der Waals surface area contributed by atoms with Crippen LogP contribution in [0.1, 0.15) is 31.2 Å². The number of rotatable bonds is 4. The number of pyridine rings is 1. The van der Waals surface area contributed by atoms with Gasteiger partial charge < -0.3 is 5.11 Å². The highest BCUT2D eigenvalue weighted by Gasteiger charge is 2.20. The molecule has 0 unspecified atom stereocenters. The maximum atomic E-state index is 10.9. The van der Waals surface area contributed by atoms with E-state index >= 15 is 0 Å². The number of carboxylic acid groups (broad SMARTS) is 1. The van der Waals surface area contributed by atoms with Crippen molar-refractivity contribution in [1.29, 1.82) is 0 Å². The summed E-state index contributed by atoms with van der Waals surface area (Å²) in [6.45, 7) is 2.78. The molecule has 2 aromatic rings. The molecule has 1 aromatic carbocycles. The lowest BCUT2D eigenvalue weighted by atomic mass is 9.97. The van der Waals surface area contributed by atoms with Gasteiger partial charge in [0.15, 0.2) is 0 Å². The monoisotopic (exact) mass is 332 g/mol. The summed E-state index contributed by atoms with van der Waals surface area (Å²) in [4.78, 5) is 17.8. The first-order chi connectivity index (χ1) is 11.1. The molecule has 2 heterocycles. The summed E-state index contributed by atoms with van der Waals surface area (Å²) >= 11 is 6.26. The zero-order chi connectivity index (χ0) is 16.2. The fraction of sp³-hybridized carbons (Fsp3) is 0.444. The predicted molar refractivity (Wildman–Crippen MR) is 91.6 cm³/mol. The number of carboxylic acids is 1. The first-order valence-electron chi connectivity index (χ1n) is 8.10. The number of halogens is 1. The standard InChI is InChI=1S/C18H21ClN2O2/c19-16-6-5-14(18-15(16)4-1-8-20-18)12-21-9-2-3-13(7-10-21)11-17(22)23/h1,4-6,8,13H,2-3,7,9-12H2,(H,22,23)/t13-/m1/s1. The van der Waals surface area contributed by atoms with E-state index in [1.807, 2.05) is 18.2 Å². The molecule has 0 saturated carbocycles. The minimum atomic E-state index is -0.684. The number of hydrogen-bond donors (Lipinski definition) is 1. The lowest BCUT2D eigenvalue weighted by molar-refractivity contribution is -0.138. The Balaban J connectivity index is 1.73. The third-order valence-electron chi connectivity index (χ3n) is 4.60. The molecule has 0 aliphatic carbocycles. The van der Waals surface area contributed by atoms with Gasteiger partial charge in [-0.1, -0.05) is 17.7 Å². The lowest BCUT2D eigenvalue weighted by Gasteiger charge is -2.21. The fourth-order valence-corrected chi connectivity index (χ4v) is 3.61.